The second-order valence-corrected chi connectivity index (χ2v) is 11.3. The molecule has 28 heavy (non-hydrogen) atoms. The van der Waals surface area contributed by atoms with Crippen LogP contribution in [0.15, 0.2) is 11.8 Å². The molecule has 4 aliphatic carbocycles. The first-order chi connectivity index (χ1) is 13.4. The van der Waals surface area contributed by atoms with Crippen molar-refractivity contribution in [3.63, 3.8) is 0 Å². The number of nitrogens with zero attached hydrogens (tertiary/aromatic N) is 1. The van der Waals surface area contributed by atoms with Crippen molar-refractivity contribution < 1.29 is 9.90 Å². The highest BCUT2D eigenvalue weighted by molar-refractivity contribution is 6.02. The van der Waals surface area contributed by atoms with Gasteiger partial charge in [-0.3, -0.25) is 4.79 Å². The van der Waals surface area contributed by atoms with Gasteiger partial charge in [0, 0.05) is 30.3 Å². The average Bonchev–Trinajstić information content (AvgIpc) is 2.94. The molecule has 0 spiro atoms. The topological polar surface area (TPSA) is 40.5 Å². The molecule has 5 rings (SSSR count). The van der Waals surface area contributed by atoms with E-state index in [4.69, 9.17) is 0 Å². The molecule has 0 radical (unpaired) electrons. The average molecular weight is 386 g/mol. The first kappa shape index (κ1) is 19.2. The maximum atomic E-state index is 13.5. The maximum Gasteiger partial charge on any atom is 0.166 e. The van der Waals surface area contributed by atoms with E-state index in [1.54, 1.807) is 0 Å². The number of carbonyl (C=O) groups excluding carboxylic acids is 1. The molecule has 156 valence electrons. The van der Waals surface area contributed by atoms with Gasteiger partial charge in [0.2, 0.25) is 0 Å². The van der Waals surface area contributed by atoms with E-state index < -0.39 is 0 Å². The van der Waals surface area contributed by atoms with E-state index in [9.17, 15) is 9.90 Å². The molecule has 0 aromatic rings. The van der Waals surface area contributed by atoms with Gasteiger partial charge in [-0.15, -0.1) is 0 Å². The van der Waals surface area contributed by atoms with Crippen LogP contribution >= 0.6 is 0 Å². The Bertz CT molecular complexity index is 665. The molecule has 1 N–H and O–H groups in total. The second-order valence-electron chi connectivity index (χ2n) is 11.3. The van der Waals surface area contributed by atoms with Crippen molar-refractivity contribution in [1.82, 2.24) is 4.90 Å². The minimum Gasteiger partial charge on any atom is -0.393 e. The van der Waals surface area contributed by atoms with Crippen LogP contribution < -0.4 is 0 Å². The summed E-state index contributed by atoms with van der Waals surface area (Å²) in [4.78, 5) is 15.9. The number of piperidine rings is 1. The van der Waals surface area contributed by atoms with Gasteiger partial charge >= 0.3 is 0 Å². The Morgan fingerprint density at radius 1 is 1.00 bits per heavy atom. The van der Waals surface area contributed by atoms with Crippen LogP contribution in [0.2, 0.25) is 0 Å². The number of aliphatic hydroxyl groups is 1. The Hall–Kier alpha value is -0.830. The predicted molar refractivity (Wildman–Crippen MR) is 112 cm³/mol. The number of likely N-dealkylation sites (tertiary alicyclic amines) is 1. The molecule has 5 fully saturated rings. The third kappa shape index (κ3) is 2.82. The van der Waals surface area contributed by atoms with Crippen molar-refractivity contribution in [3.8, 4) is 0 Å². The lowest BCUT2D eigenvalue weighted by Gasteiger charge is -2.59. The van der Waals surface area contributed by atoms with Crippen LogP contribution in [0.5, 0.6) is 0 Å². The molecule has 5 aliphatic rings. The lowest BCUT2D eigenvalue weighted by molar-refractivity contribution is -0.141. The van der Waals surface area contributed by atoms with E-state index in [1.165, 1.54) is 44.9 Å². The highest BCUT2D eigenvalue weighted by Gasteiger charge is 2.61. The lowest BCUT2D eigenvalue weighted by atomic mass is 9.45. The van der Waals surface area contributed by atoms with Crippen LogP contribution in [0, 0.1) is 34.5 Å². The summed E-state index contributed by atoms with van der Waals surface area (Å²) in [5, 5.41) is 10.2. The highest BCUT2D eigenvalue weighted by atomic mass is 16.3. The first-order valence-corrected chi connectivity index (χ1v) is 12.1. The van der Waals surface area contributed by atoms with Gasteiger partial charge in [0.05, 0.1) is 6.10 Å². The molecule has 7 unspecified atom stereocenters. The van der Waals surface area contributed by atoms with Crippen molar-refractivity contribution in [2.45, 2.75) is 90.6 Å². The summed E-state index contributed by atoms with van der Waals surface area (Å²) in [5.74, 6) is 3.21. The molecule has 1 heterocycles. The quantitative estimate of drug-likeness (QED) is 0.650. The van der Waals surface area contributed by atoms with E-state index in [2.05, 4.69) is 24.9 Å². The van der Waals surface area contributed by atoms with Crippen LogP contribution in [0.4, 0.5) is 0 Å². The van der Waals surface area contributed by atoms with Gasteiger partial charge in [-0.1, -0.05) is 13.8 Å². The van der Waals surface area contributed by atoms with Gasteiger partial charge in [-0.05, 0) is 99.7 Å². The van der Waals surface area contributed by atoms with Crippen molar-refractivity contribution in [2.75, 3.05) is 13.1 Å². The third-order valence-electron chi connectivity index (χ3n) is 10.0. The van der Waals surface area contributed by atoms with Gasteiger partial charge in [-0.25, -0.2) is 0 Å². The number of carbonyl (C=O) groups is 1. The van der Waals surface area contributed by atoms with Gasteiger partial charge in [0.15, 0.2) is 5.78 Å². The van der Waals surface area contributed by atoms with Crippen molar-refractivity contribution in [2.24, 2.45) is 34.5 Å². The van der Waals surface area contributed by atoms with Crippen LogP contribution in [0.3, 0.4) is 0 Å². The minimum atomic E-state index is -0.111. The summed E-state index contributed by atoms with van der Waals surface area (Å²) in [5.41, 5.74) is 1.42. The van der Waals surface area contributed by atoms with Crippen LogP contribution in [-0.2, 0) is 4.79 Å². The standard InChI is InChI=1S/C25H39NO2/c1-24-10-8-19(27)15-18(24)6-7-20-21(24)9-11-25(2)22(20)14-17(23(25)28)16-26-12-4-3-5-13-26/h16,18-22,27H,3-15H2,1-2H3/b17-16+. The van der Waals surface area contributed by atoms with E-state index in [1.807, 2.05) is 0 Å². The zero-order valence-electron chi connectivity index (χ0n) is 18.0. The van der Waals surface area contributed by atoms with Crippen LogP contribution in [0.1, 0.15) is 84.5 Å². The largest absolute Gasteiger partial charge is 0.393 e. The summed E-state index contributed by atoms with van der Waals surface area (Å²) in [6, 6.07) is 0. The molecule has 4 saturated carbocycles. The number of allylic oxidation sites excluding steroid dienone is 1. The molecule has 7 atom stereocenters. The SMILES string of the molecule is CC12CCC3C(CCC4CC(O)CCC43C)C1C/C(=C\N1CCCCC1)C2=O. The molecular formula is C25H39NO2. The summed E-state index contributed by atoms with van der Waals surface area (Å²) in [6.45, 7) is 7.09. The summed E-state index contributed by atoms with van der Waals surface area (Å²) < 4.78 is 0. The summed E-state index contributed by atoms with van der Waals surface area (Å²) in [6.07, 6.45) is 15.1. The first-order valence-electron chi connectivity index (χ1n) is 12.1. The molecule has 3 nitrogen and oxygen atoms in total. The van der Waals surface area contributed by atoms with Crippen LogP contribution in [-0.4, -0.2) is 35.0 Å². The fourth-order valence-corrected chi connectivity index (χ4v) is 8.29. The molecule has 0 aromatic carbocycles. The molecule has 0 amide bonds. The molecular weight excluding hydrogens is 346 g/mol. The zero-order valence-corrected chi connectivity index (χ0v) is 18.0. The predicted octanol–water partition coefficient (Wildman–Crippen LogP) is 4.94. The molecule has 1 aliphatic heterocycles. The Balaban J connectivity index is 1.40. The third-order valence-corrected chi connectivity index (χ3v) is 10.0. The van der Waals surface area contributed by atoms with E-state index in [-0.39, 0.29) is 11.5 Å². The normalized spacial score (nSPS) is 50.2. The van der Waals surface area contributed by atoms with Crippen molar-refractivity contribution in [1.29, 1.82) is 0 Å². The van der Waals surface area contributed by atoms with Gasteiger partial charge in [-0.2, -0.15) is 0 Å². The number of ketones is 1. The molecule has 0 bridgehead atoms. The van der Waals surface area contributed by atoms with Crippen LogP contribution in [0.25, 0.3) is 0 Å². The maximum absolute atomic E-state index is 13.5. The number of rotatable bonds is 1. The number of hydrogen-bond donors (Lipinski definition) is 1. The fourth-order valence-electron chi connectivity index (χ4n) is 8.29. The van der Waals surface area contributed by atoms with Gasteiger partial charge < -0.3 is 10.0 Å². The van der Waals surface area contributed by atoms with E-state index >= 15 is 0 Å². The van der Waals surface area contributed by atoms with E-state index in [0.29, 0.717) is 29.0 Å². The number of Topliss-reactive ketones (excluding diaryl/α,β-unsaturated/α-hetero) is 1. The molecule has 1 saturated heterocycles. The lowest BCUT2D eigenvalue weighted by Crippen LogP contribution is -2.54. The Morgan fingerprint density at radius 2 is 1.79 bits per heavy atom. The smallest absolute Gasteiger partial charge is 0.166 e. The minimum absolute atomic E-state index is 0.0735. The fraction of sp³-hybridized carbons (Fsp3) is 0.880. The summed E-state index contributed by atoms with van der Waals surface area (Å²) in [7, 11) is 0. The van der Waals surface area contributed by atoms with Crippen molar-refractivity contribution >= 4 is 5.78 Å². The second kappa shape index (κ2) is 6.86. The molecule has 3 heteroatoms. The summed E-state index contributed by atoms with van der Waals surface area (Å²) >= 11 is 0. The Kier molecular flexibility index (Phi) is 4.69. The highest BCUT2D eigenvalue weighted by Crippen LogP contribution is 2.66. The number of hydrogen-bond acceptors (Lipinski definition) is 3. The molecule has 0 aromatic heterocycles. The number of aliphatic hydroxyl groups excluding tert-OH is 1. The number of fused-ring (bicyclic) bond motifs is 5. The Labute approximate surface area is 170 Å². The Morgan fingerprint density at radius 3 is 2.57 bits per heavy atom. The monoisotopic (exact) mass is 385 g/mol. The van der Waals surface area contributed by atoms with Crippen molar-refractivity contribution in [3.05, 3.63) is 11.8 Å². The van der Waals surface area contributed by atoms with Gasteiger partial charge in [0.1, 0.15) is 0 Å². The van der Waals surface area contributed by atoms with E-state index in [0.717, 1.165) is 50.3 Å². The van der Waals surface area contributed by atoms with Gasteiger partial charge in [0.25, 0.3) is 0 Å². The zero-order chi connectivity index (χ0) is 19.5.